The maximum absolute atomic E-state index is 4.47. The Labute approximate surface area is 160 Å². The molecule has 1 saturated carbocycles. The topological polar surface area (TPSA) is 54.2 Å². The van der Waals surface area contributed by atoms with E-state index in [-0.39, 0.29) is 0 Å². The molecule has 2 aromatic rings. The Bertz CT molecular complexity index is 719. The fraction of sp³-hybridized carbons (Fsp3) is 0.500. The van der Waals surface area contributed by atoms with Crippen LogP contribution in [0, 0.1) is 5.92 Å². The first kappa shape index (κ1) is 18.8. The zero-order valence-corrected chi connectivity index (χ0v) is 16.7. The largest absolute Gasteiger partial charge is 0.355 e. The lowest BCUT2D eigenvalue weighted by Gasteiger charge is -2.18. The maximum Gasteiger partial charge on any atom is 0.191 e. The SMILES string of the molecule is CN=C(NCc1nccn1CC(C)C)NCC1(Sc2ccccc2)CC1. The molecule has 1 aromatic heterocycles. The summed E-state index contributed by atoms with van der Waals surface area (Å²) < 4.78 is 2.51. The molecule has 1 aliphatic rings. The van der Waals surface area contributed by atoms with Crippen LogP contribution in [0.5, 0.6) is 0 Å². The molecule has 140 valence electrons. The lowest BCUT2D eigenvalue weighted by atomic mass is 10.2. The number of hydrogen-bond acceptors (Lipinski definition) is 3. The number of nitrogens with one attached hydrogen (secondary N) is 2. The van der Waals surface area contributed by atoms with Crippen LogP contribution in [0.4, 0.5) is 0 Å². The van der Waals surface area contributed by atoms with E-state index in [1.165, 1.54) is 17.7 Å². The summed E-state index contributed by atoms with van der Waals surface area (Å²) in [5.41, 5.74) is 0. The summed E-state index contributed by atoms with van der Waals surface area (Å²) in [6, 6.07) is 10.6. The van der Waals surface area contributed by atoms with Crippen LogP contribution < -0.4 is 10.6 Å². The molecule has 0 bridgehead atoms. The molecule has 0 atom stereocenters. The molecular formula is C20H29N5S. The van der Waals surface area contributed by atoms with Gasteiger partial charge in [-0.1, -0.05) is 32.0 Å². The third-order valence-corrected chi connectivity index (χ3v) is 5.96. The van der Waals surface area contributed by atoms with Crippen LogP contribution in [0.25, 0.3) is 0 Å². The molecule has 0 unspecified atom stereocenters. The Morgan fingerprint density at radius 1 is 1.27 bits per heavy atom. The Hall–Kier alpha value is -1.95. The van der Waals surface area contributed by atoms with Crippen molar-refractivity contribution in [3.05, 3.63) is 48.5 Å². The number of rotatable bonds is 8. The van der Waals surface area contributed by atoms with Gasteiger partial charge in [0.15, 0.2) is 5.96 Å². The number of aliphatic imine (C=N–C) groups is 1. The van der Waals surface area contributed by atoms with Crippen molar-refractivity contribution < 1.29 is 0 Å². The number of benzene rings is 1. The summed E-state index contributed by atoms with van der Waals surface area (Å²) in [4.78, 5) is 10.2. The Morgan fingerprint density at radius 3 is 2.69 bits per heavy atom. The van der Waals surface area contributed by atoms with E-state index < -0.39 is 0 Å². The summed E-state index contributed by atoms with van der Waals surface area (Å²) in [7, 11) is 1.82. The van der Waals surface area contributed by atoms with Gasteiger partial charge in [-0.3, -0.25) is 4.99 Å². The second-order valence-electron chi connectivity index (χ2n) is 7.27. The Morgan fingerprint density at radius 2 is 2.04 bits per heavy atom. The Kier molecular flexibility index (Phi) is 6.25. The number of aromatic nitrogens is 2. The summed E-state index contributed by atoms with van der Waals surface area (Å²) in [5.74, 6) is 2.48. The van der Waals surface area contributed by atoms with Crippen molar-refractivity contribution in [2.75, 3.05) is 13.6 Å². The molecule has 0 spiro atoms. The normalized spacial score (nSPS) is 15.9. The van der Waals surface area contributed by atoms with Crippen LogP contribution in [-0.2, 0) is 13.1 Å². The molecule has 0 saturated heterocycles. The van der Waals surface area contributed by atoms with Gasteiger partial charge >= 0.3 is 0 Å². The molecule has 1 fully saturated rings. The van der Waals surface area contributed by atoms with Crippen molar-refractivity contribution in [1.29, 1.82) is 0 Å². The van der Waals surface area contributed by atoms with Gasteiger partial charge in [-0.05, 0) is 30.9 Å². The minimum Gasteiger partial charge on any atom is -0.355 e. The molecule has 2 N–H and O–H groups in total. The standard InChI is InChI=1S/C20H29N5S/c1-16(2)14-25-12-11-22-18(25)13-23-19(21-3)24-15-20(9-10-20)26-17-7-5-4-6-8-17/h4-8,11-12,16H,9-10,13-15H2,1-3H3,(H2,21,23,24). The highest BCUT2D eigenvalue weighted by Crippen LogP contribution is 2.51. The highest BCUT2D eigenvalue weighted by atomic mass is 32.2. The van der Waals surface area contributed by atoms with Crippen molar-refractivity contribution >= 4 is 17.7 Å². The van der Waals surface area contributed by atoms with E-state index in [0.717, 1.165) is 24.9 Å². The smallest absolute Gasteiger partial charge is 0.191 e. The molecule has 6 heteroatoms. The van der Waals surface area contributed by atoms with Crippen LogP contribution in [0.2, 0.25) is 0 Å². The van der Waals surface area contributed by atoms with Crippen LogP contribution in [-0.4, -0.2) is 33.9 Å². The summed E-state index contributed by atoms with van der Waals surface area (Å²) in [6.07, 6.45) is 6.40. The van der Waals surface area contributed by atoms with Crippen LogP contribution in [0.3, 0.4) is 0 Å². The van der Waals surface area contributed by atoms with Crippen molar-refractivity contribution in [2.24, 2.45) is 10.9 Å². The van der Waals surface area contributed by atoms with E-state index in [1.54, 1.807) is 0 Å². The molecule has 26 heavy (non-hydrogen) atoms. The zero-order valence-electron chi connectivity index (χ0n) is 15.9. The first-order valence-corrected chi connectivity index (χ1v) is 10.1. The van der Waals surface area contributed by atoms with E-state index in [4.69, 9.17) is 0 Å². The lowest BCUT2D eigenvalue weighted by Crippen LogP contribution is -2.41. The van der Waals surface area contributed by atoms with Gasteiger partial charge in [-0.15, -0.1) is 11.8 Å². The van der Waals surface area contributed by atoms with E-state index in [9.17, 15) is 0 Å². The lowest BCUT2D eigenvalue weighted by molar-refractivity contribution is 0.503. The minimum absolute atomic E-state index is 0.301. The highest BCUT2D eigenvalue weighted by molar-refractivity contribution is 8.01. The molecule has 1 aromatic carbocycles. The molecule has 3 rings (SSSR count). The molecule has 1 heterocycles. The summed E-state index contributed by atoms with van der Waals surface area (Å²) >= 11 is 1.97. The van der Waals surface area contributed by atoms with Crippen molar-refractivity contribution in [1.82, 2.24) is 20.2 Å². The molecule has 0 aliphatic heterocycles. The van der Waals surface area contributed by atoms with Gasteiger partial charge in [0.25, 0.3) is 0 Å². The maximum atomic E-state index is 4.47. The quantitative estimate of drug-likeness (QED) is 0.551. The molecule has 5 nitrogen and oxygen atoms in total. The second-order valence-corrected chi connectivity index (χ2v) is 8.81. The predicted molar refractivity (Wildman–Crippen MR) is 110 cm³/mol. The minimum atomic E-state index is 0.301. The number of guanidine groups is 1. The highest BCUT2D eigenvalue weighted by Gasteiger charge is 2.43. The Balaban J connectivity index is 1.49. The predicted octanol–water partition coefficient (Wildman–Crippen LogP) is 3.53. The summed E-state index contributed by atoms with van der Waals surface area (Å²) in [6.45, 7) is 7.03. The van der Waals surface area contributed by atoms with Gasteiger partial charge < -0.3 is 15.2 Å². The van der Waals surface area contributed by atoms with Gasteiger partial charge in [0.05, 0.1) is 6.54 Å². The van der Waals surface area contributed by atoms with Crippen molar-refractivity contribution in [3.63, 3.8) is 0 Å². The van der Waals surface area contributed by atoms with Crippen LogP contribution >= 0.6 is 11.8 Å². The molecular weight excluding hydrogens is 342 g/mol. The molecule has 0 amide bonds. The first-order valence-electron chi connectivity index (χ1n) is 9.29. The molecule has 0 radical (unpaired) electrons. The van der Waals surface area contributed by atoms with Crippen molar-refractivity contribution in [3.8, 4) is 0 Å². The fourth-order valence-corrected chi connectivity index (χ4v) is 4.13. The van der Waals surface area contributed by atoms with Gasteiger partial charge in [0.1, 0.15) is 5.82 Å². The third kappa shape index (κ3) is 5.27. The average molecular weight is 372 g/mol. The van der Waals surface area contributed by atoms with Crippen molar-refractivity contribution in [2.45, 2.75) is 49.4 Å². The van der Waals surface area contributed by atoms with Gasteiger partial charge in [0.2, 0.25) is 0 Å². The van der Waals surface area contributed by atoms with E-state index in [0.29, 0.717) is 17.2 Å². The monoisotopic (exact) mass is 371 g/mol. The second kappa shape index (κ2) is 8.62. The molecule has 1 aliphatic carbocycles. The van der Waals surface area contributed by atoms with Gasteiger partial charge in [-0.25, -0.2) is 4.98 Å². The van der Waals surface area contributed by atoms with E-state index in [2.05, 4.69) is 69.4 Å². The van der Waals surface area contributed by atoms with Gasteiger partial charge in [0, 0.05) is 42.2 Å². The van der Waals surface area contributed by atoms with E-state index in [1.807, 2.05) is 31.2 Å². The van der Waals surface area contributed by atoms with Gasteiger partial charge in [-0.2, -0.15) is 0 Å². The number of imidazole rings is 1. The fourth-order valence-electron chi connectivity index (χ4n) is 2.89. The van der Waals surface area contributed by atoms with E-state index >= 15 is 0 Å². The number of thioether (sulfide) groups is 1. The number of nitrogens with zero attached hydrogens (tertiary/aromatic N) is 3. The summed E-state index contributed by atoms with van der Waals surface area (Å²) in [5, 5.41) is 6.89. The van der Waals surface area contributed by atoms with Crippen LogP contribution in [0.15, 0.2) is 52.6 Å². The third-order valence-electron chi connectivity index (χ3n) is 4.46. The van der Waals surface area contributed by atoms with Crippen LogP contribution in [0.1, 0.15) is 32.5 Å². The first-order chi connectivity index (χ1) is 12.6. The zero-order chi connectivity index (χ0) is 18.4. The number of hydrogen-bond donors (Lipinski definition) is 2. The average Bonchev–Trinajstić information content (AvgIpc) is 3.25.